The SMILES string of the molecule is Cc1nn(-c2ccccn2)c2c1C(c1ccc(O)c(Cl)c1)SCC(=O)N2. The van der Waals surface area contributed by atoms with E-state index in [0.717, 1.165) is 16.8 Å². The molecule has 1 aliphatic heterocycles. The molecule has 2 N–H and O–H groups in total. The van der Waals surface area contributed by atoms with Gasteiger partial charge >= 0.3 is 0 Å². The minimum Gasteiger partial charge on any atom is -0.506 e. The third-order valence-electron chi connectivity index (χ3n) is 4.15. The molecule has 3 heterocycles. The van der Waals surface area contributed by atoms with E-state index in [-0.39, 0.29) is 21.9 Å². The molecule has 6 nitrogen and oxygen atoms in total. The summed E-state index contributed by atoms with van der Waals surface area (Å²) in [6.07, 6.45) is 1.68. The zero-order valence-corrected chi connectivity index (χ0v) is 15.4. The lowest BCUT2D eigenvalue weighted by atomic mass is 10.0. The number of aryl methyl sites for hydroxylation is 1. The van der Waals surface area contributed by atoms with Gasteiger partial charge < -0.3 is 10.4 Å². The second-order valence-corrected chi connectivity index (χ2v) is 7.40. The number of hydrogen-bond donors (Lipinski definition) is 2. The van der Waals surface area contributed by atoms with Gasteiger partial charge in [-0.2, -0.15) is 9.78 Å². The highest BCUT2D eigenvalue weighted by molar-refractivity contribution is 8.00. The summed E-state index contributed by atoms with van der Waals surface area (Å²) in [5.41, 5.74) is 2.61. The van der Waals surface area contributed by atoms with Gasteiger partial charge in [-0.05, 0) is 36.8 Å². The molecule has 0 spiro atoms. The van der Waals surface area contributed by atoms with Crippen molar-refractivity contribution < 1.29 is 9.90 Å². The summed E-state index contributed by atoms with van der Waals surface area (Å²) >= 11 is 7.60. The minimum atomic E-state index is -0.139. The van der Waals surface area contributed by atoms with Gasteiger partial charge in [0.25, 0.3) is 0 Å². The Hall–Kier alpha value is -2.51. The molecule has 1 amide bonds. The van der Waals surface area contributed by atoms with Crippen LogP contribution in [0, 0.1) is 6.92 Å². The maximum Gasteiger partial charge on any atom is 0.235 e. The van der Waals surface area contributed by atoms with Crippen LogP contribution < -0.4 is 5.32 Å². The molecule has 3 aromatic rings. The number of nitrogens with zero attached hydrogens (tertiary/aromatic N) is 3. The highest BCUT2D eigenvalue weighted by Gasteiger charge is 2.31. The van der Waals surface area contributed by atoms with Crippen LogP contribution in [0.25, 0.3) is 5.82 Å². The van der Waals surface area contributed by atoms with Crippen LogP contribution >= 0.6 is 23.4 Å². The average Bonchev–Trinajstić information content (AvgIpc) is 2.84. The number of carbonyl (C=O) groups is 1. The topological polar surface area (TPSA) is 80.0 Å². The normalized spacial score (nSPS) is 16.7. The van der Waals surface area contributed by atoms with E-state index in [4.69, 9.17) is 11.6 Å². The van der Waals surface area contributed by atoms with Gasteiger partial charge in [-0.1, -0.05) is 23.7 Å². The van der Waals surface area contributed by atoms with E-state index in [0.29, 0.717) is 17.4 Å². The number of pyridine rings is 1. The summed E-state index contributed by atoms with van der Waals surface area (Å²) in [4.78, 5) is 16.6. The Labute approximate surface area is 159 Å². The molecule has 1 aliphatic rings. The number of anilines is 1. The third-order valence-corrected chi connectivity index (χ3v) is 5.72. The van der Waals surface area contributed by atoms with E-state index in [9.17, 15) is 9.90 Å². The number of hydrogen-bond acceptors (Lipinski definition) is 5. The molecule has 8 heteroatoms. The highest BCUT2D eigenvalue weighted by Crippen LogP contribution is 2.44. The zero-order valence-electron chi connectivity index (χ0n) is 13.8. The molecular formula is C18H15ClN4O2S. The van der Waals surface area contributed by atoms with Gasteiger partial charge in [0.2, 0.25) is 5.91 Å². The molecule has 2 aromatic heterocycles. The summed E-state index contributed by atoms with van der Waals surface area (Å²) < 4.78 is 1.66. The lowest BCUT2D eigenvalue weighted by Crippen LogP contribution is -2.16. The first-order valence-corrected chi connectivity index (χ1v) is 9.38. The Kier molecular flexibility index (Phi) is 4.34. The lowest BCUT2D eigenvalue weighted by Gasteiger charge is -2.16. The van der Waals surface area contributed by atoms with Gasteiger partial charge in [0.1, 0.15) is 11.6 Å². The van der Waals surface area contributed by atoms with Crippen LogP contribution in [0.3, 0.4) is 0 Å². The molecule has 1 atom stereocenters. The number of phenols is 1. The van der Waals surface area contributed by atoms with Crippen molar-refractivity contribution in [3.8, 4) is 11.6 Å². The Morgan fingerprint density at radius 1 is 1.35 bits per heavy atom. The van der Waals surface area contributed by atoms with Crippen molar-refractivity contribution >= 4 is 35.1 Å². The monoisotopic (exact) mass is 386 g/mol. The molecule has 0 saturated heterocycles. The Morgan fingerprint density at radius 3 is 2.92 bits per heavy atom. The van der Waals surface area contributed by atoms with Crippen molar-refractivity contribution in [3.05, 3.63) is 64.4 Å². The van der Waals surface area contributed by atoms with Crippen molar-refractivity contribution in [1.82, 2.24) is 14.8 Å². The summed E-state index contributed by atoms with van der Waals surface area (Å²) in [6.45, 7) is 1.91. The van der Waals surface area contributed by atoms with Crippen LogP contribution in [0.4, 0.5) is 5.82 Å². The van der Waals surface area contributed by atoms with E-state index in [1.54, 1.807) is 23.0 Å². The number of nitrogens with one attached hydrogen (secondary N) is 1. The van der Waals surface area contributed by atoms with Crippen molar-refractivity contribution in [2.24, 2.45) is 0 Å². The quantitative estimate of drug-likeness (QED) is 0.701. The van der Waals surface area contributed by atoms with Gasteiger partial charge in [0.05, 0.1) is 21.7 Å². The maximum absolute atomic E-state index is 12.3. The van der Waals surface area contributed by atoms with Crippen LogP contribution in [0.1, 0.15) is 22.1 Å². The van der Waals surface area contributed by atoms with E-state index in [1.165, 1.54) is 11.8 Å². The molecule has 26 heavy (non-hydrogen) atoms. The first-order chi connectivity index (χ1) is 12.5. The molecule has 0 fully saturated rings. The maximum atomic E-state index is 12.3. The van der Waals surface area contributed by atoms with Gasteiger partial charge in [-0.3, -0.25) is 4.79 Å². The van der Waals surface area contributed by atoms with E-state index < -0.39 is 0 Å². The number of amides is 1. The number of benzene rings is 1. The summed E-state index contributed by atoms with van der Waals surface area (Å²) in [7, 11) is 0. The first kappa shape index (κ1) is 16.9. The van der Waals surface area contributed by atoms with E-state index >= 15 is 0 Å². The lowest BCUT2D eigenvalue weighted by molar-refractivity contribution is -0.113. The van der Waals surface area contributed by atoms with Crippen molar-refractivity contribution in [1.29, 1.82) is 0 Å². The Bertz CT molecular complexity index is 990. The fraction of sp³-hybridized carbons (Fsp3) is 0.167. The number of rotatable bonds is 2. The molecule has 1 unspecified atom stereocenters. The highest BCUT2D eigenvalue weighted by atomic mass is 35.5. The molecule has 4 rings (SSSR count). The van der Waals surface area contributed by atoms with Gasteiger partial charge in [0.15, 0.2) is 5.82 Å². The molecular weight excluding hydrogens is 372 g/mol. The number of fused-ring (bicyclic) bond motifs is 1. The molecule has 0 saturated carbocycles. The fourth-order valence-electron chi connectivity index (χ4n) is 2.98. The summed E-state index contributed by atoms with van der Waals surface area (Å²) in [5.74, 6) is 1.49. The third kappa shape index (κ3) is 2.93. The van der Waals surface area contributed by atoms with Crippen LogP contribution in [0.5, 0.6) is 5.75 Å². The second kappa shape index (κ2) is 6.66. The number of phenolic OH excluding ortho intramolecular Hbond substituents is 1. The minimum absolute atomic E-state index is 0.0318. The summed E-state index contributed by atoms with van der Waals surface area (Å²) in [5, 5.41) is 17.4. The van der Waals surface area contributed by atoms with Crippen LogP contribution in [-0.4, -0.2) is 31.5 Å². The van der Waals surface area contributed by atoms with Crippen LogP contribution in [-0.2, 0) is 4.79 Å². The van der Waals surface area contributed by atoms with Crippen LogP contribution in [0.2, 0.25) is 5.02 Å². The molecule has 0 bridgehead atoms. The molecule has 1 aromatic carbocycles. The smallest absolute Gasteiger partial charge is 0.235 e. The number of thioether (sulfide) groups is 1. The Morgan fingerprint density at radius 2 is 2.19 bits per heavy atom. The second-order valence-electron chi connectivity index (χ2n) is 5.90. The number of aromatic hydroxyl groups is 1. The van der Waals surface area contributed by atoms with Crippen molar-refractivity contribution in [2.75, 3.05) is 11.1 Å². The molecule has 132 valence electrons. The number of halogens is 1. The fourth-order valence-corrected chi connectivity index (χ4v) is 4.35. The predicted octanol–water partition coefficient (Wildman–Crippen LogP) is 3.71. The number of carbonyl (C=O) groups excluding carboxylic acids is 1. The first-order valence-electron chi connectivity index (χ1n) is 7.95. The predicted molar refractivity (Wildman–Crippen MR) is 102 cm³/mol. The molecule has 0 aliphatic carbocycles. The molecule has 0 radical (unpaired) electrons. The number of aromatic nitrogens is 3. The van der Waals surface area contributed by atoms with Gasteiger partial charge in [-0.25, -0.2) is 4.98 Å². The Balaban J connectivity index is 1.89. The standard InChI is InChI=1S/C18H15ClN4O2S/c1-10-16-17(11-5-6-13(24)12(19)8-11)26-9-15(25)21-18(16)23(22-10)14-4-2-3-7-20-14/h2-8,17,24H,9H2,1H3,(H,21,25). The zero-order chi connectivity index (χ0) is 18.3. The van der Waals surface area contributed by atoms with Crippen molar-refractivity contribution in [2.45, 2.75) is 12.2 Å². The summed E-state index contributed by atoms with van der Waals surface area (Å²) in [6, 6.07) is 10.6. The van der Waals surface area contributed by atoms with Gasteiger partial charge in [0, 0.05) is 11.8 Å². The van der Waals surface area contributed by atoms with Crippen molar-refractivity contribution in [3.63, 3.8) is 0 Å². The van der Waals surface area contributed by atoms with E-state index in [2.05, 4.69) is 15.4 Å². The largest absolute Gasteiger partial charge is 0.506 e. The van der Waals surface area contributed by atoms with E-state index in [1.807, 2.05) is 31.2 Å². The van der Waals surface area contributed by atoms with Crippen LogP contribution in [0.15, 0.2) is 42.6 Å². The average molecular weight is 387 g/mol. The van der Waals surface area contributed by atoms with Gasteiger partial charge in [-0.15, -0.1) is 11.8 Å².